The highest BCUT2D eigenvalue weighted by atomic mass is 16.1. The highest BCUT2D eigenvalue weighted by Crippen LogP contribution is 2.21. The molecule has 0 radical (unpaired) electrons. The second-order valence-corrected chi connectivity index (χ2v) is 4.09. The molecule has 2 heteroatoms. The van der Waals surface area contributed by atoms with Crippen LogP contribution in [-0.2, 0) is 0 Å². The SMILES string of the molecule is CCNC.O=Cc1cccc(C2=CCCC=C2)c1. The summed E-state index contributed by atoms with van der Waals surface area (Å²) in [6.07, 6.45) is 9.60. The van der Waals surface area contributed by atoms with Gasteiger partial charge < -0.3 is 5.32 Å². The number of allylic oxidation sites excluding steroid dienone is 4. The monoisotopic (exact) mass is 243 g/mol. The molecule has 18 heavy (non-hydrogen) atoms. The molecule has 96 valence electrons. The van der Waals surface area contributed by atoms with Gasteiger partial charge in [0.05, 0.1) is 0 Å². The molecule has 0 fully saturated rings. The third-order valence-corrected chi connectivity index (χ3v) is 2.70. The summed E-state index contributed by atoms with van der Waals surface area (Å²) in [6.45, 7) is 3.14. The molecule has 0 saturated heterocycles. The normalized spacial score (nSPS) is 13.3. The van der Waals surface area contributed by atoms with Gasteiger partial charge in [-0.05, 0) is 43.6 Å². The van der Waals surface area contributed by atoms with Gasteiger partial charge in [-0.15, -0.1) is 0 Å². The minimum Gasteiger partial charge on any atom is -0.320 e. The fraction of sp³-hybridized carbons (Fsp3) is 0.312. The Kier molecular flexibility index (Phi) is 6.74. The van der Waals surface area contributed by atoms with Crippen LogP contribution in [0.5, 0.6) is 0 Å². The molecule has 0 bridgehead atoms. The van der Waals surface area contributed by atoms with Crippen molar-refractivity contribution >= 4 is 11.9 Å². The minimum absolute atomic E-state index is 0.738. The van der Waals surface area contributed by atoms with Crippen molar-refractivity contribution in [2.45, 2.75) is 19.8 Å². The zero-order chi connectivity index (χ0) is 13.2. The van der Waals surface area contributed by atoms with Crippen molar-refractivity contribution in [3.8, 4) is 0 Å². The van der Waals surface area contributed by atoms with E-state index in [1.807, 2.05) is 31.3 Å². The van der Waals surface area contributed by atoms with E-state index in [1.54, 1.807) is 0 Å². The fourth-order valence-corrected chi connectivity index (χ4v) is 1.62. The summed E-state index contributed by atoms with van der Waals surface area (Å²) in [6, 6.07) is 7.70. The first kappa shape index (κ1) is 14.4. The quantitative estimate of drug-likeness (QED) is 0.824. The first-order valence-corrected chi connectivity index (χ1v) is 6.38. The first-order valence-electron chi connectivity index (χ1n) is 6.38. The highest BCUT2D eigenvalue weighted by molar-refractivity contribution is 5.81. The van der Waals surface area contributed by atoms with Crippen LogP contribution in [-0.4, -0.2) is 19.9 Å². The summed E-state index contributed by atoms with van der Waals surface area (Å²) in [7, 11) is 1.93. The van der Waals surface area contributed by atoms with Crippen LogP contribution in [0.3, 0.4) is 0 Å². The topological polar surface area (TPSA) is 29.1 Å². The Bertz CT molecular complexity index is 430. The van der Waals surface area contributed by atoms with Gasteiger partial charge in [0.25, 0.3) is 0 Å². The van der Waals surface area contributed by atoms with Crippen molar-refractivity contribution in [1.82, 2.24) is 5.32 Å². The van der Waals surface area contributed by atoms with Crippen molar-refractivity contribution in [2.24, 2.45) is 0 Å². The molecule has 2 nitrogen and oxygen atoms in total. The molecule has 0 amide bonds. The summed E-state index contributed by atoms with van der Waals surface area (Å²) in [4.78, 5) is 10.6. The van der Waals surface area contributed by atoms with Crippen molar-refractivity contribution in [2.75, 3.05) is 13.6 Å². The molecule has 0 spiro atoms. The smallest absolute Gasteiger partial charge is 0.150 e. The van der Waals surface area contributed by atoms with Crippen LogP contribution in [0.4, 0.5) is 0 Å². The lowest BCUT2D eigenvalue weighted by molar-refractivity contribution is 0.112. The van der Waals surface area contributed by atoms with E-state index in [0.29, 0.717) is 0 Å². The van der Waals surface area contributed by atoms with Crippen LogP contribution in [0.1, 0.15) is 35.7 Å². The Balaban J connectivity index is 0.000000357. The fourth-order valence-electron chi connectivity index (χ4n) is 1.62. The van der Waals surface area contributed by atoms with Gasteiger partial charge in [0, 0.05) is 5.56 Å². The molecule has 0 unspecified atom stereocenters. The summed E-state index contributed by atoms with van der Waals surface area (Å²) >= 11 is 0. The maximum Gasteiger partial charge on any atom is 0.150 e. The van der Waals surface area contributed by atoms with E-state index < -0.39 is 0 Å². The first-order chi connectivity index (χ1) is 8.81. The number of nitrogens with one attached hydrogen (secondary N) is 1. The summed E-state index contributed by atoms with van der Waals surface area (Å²) in [5.74, 6) is 0. The van der Waals surface area contributed by atoms with Gasteiger partial charge in [-0.2, -0.15) is 0 Å². The lowest BCUT2D eigenvalue weighted by Crippen LogP contribution is -2.01. The maximum absolute atomic E-state index is 10.6. The van der Waals surface area contributed by atoms with Crippen molar-refractivity contribution in [3.05, 3.63) is 53.6 Å². The Morgan fingerprint density at radius 3 is 2.67 bits per heavy atom. The lowest BCUT2D eigenvalue weighted by atomic mass is 9.98. The van der Waals surface area contributed by atoms with Crippen molar-refractivity contribution in [3.63, 3.8) is 0 Å². The summed E-state index contributed by atoms with van der Waals surface area (Å²) in [5.41, 5.74) is 3.09. The zero-order valence-corrected chi connectivity index (χ0v) is 11.1. The Morgan fingerprint density at radius 1 is 1.33 bits per heavy atom. The van der Waals surface area contributed by atoms with Crippen LogP contribution in [0.25, 0.3) is 5.57 Å². The van der Waals surface area contributed by atoms with Crippen LogP contribution in [0.2, 0.25) is 0 Å². The van der Waals surface area contributed by atoms with Crippen LogP contribution in [0, 0.1) is 0 Å². The number of benzene rings is 1. The van der Waals surface area contributed by atoms with Crippen molar-refractivity contribution < 1.29 is 4.79 Å². The second kappa shape index (κ2) is 8.43. The molecule has 1 N–H and O–H groups in total. The average molecular weight is 243 g/mol. The Labute approximate surface area is 109 Å². The third kappa shape index (κ3) is 4.68. The number of carbonyl (C=O) groups is 1. The summed E-state index contributed by atoms with van der Waals surface area (Å²) < 4.78 is 0. The van der Waals surface area contributed by atoms with Crippen LogP contribution >= 0.6 is 0 Å². The molecule has 0 atom stereocenters. The molecule has 1 aliphatic carbocycles. The number of aldehydes is 1. The molecular weight excluding hydrogens is 222 g/mol. The van der Waals surface area contributed by atoms with Crippen LogP contribution in [0.15, 0.2) is 42.5 Å². The van der Waals surface area contributed by atoms with E-state index in [4.69, 9.17) is 0 Å². The van der Waals surface area contributed by atoms with Gasteiger partial charge in [0.1, 0.15) is 6.29 Å². The maximum atomic E-state index is 10.6. The number of hydrogen-bond acceptors (Lipinski definition) is 2. The van der Waals surface area contributed by atoms with Gasteiger partial charge in [-0.1, -0.05) is 43.4 Å². The molecule has 1 aliphatic rings. The van der Waals surface area contributed by atoms with Crippen molar-refractivity contribution in [1.29, 1.82) is 0 Å². The molecule has 0 aromatic heterocycles. The minimum atomic E-state index is 0.738. The van der Waals surface area contributed by atoms with E-state index in [1.165, 1.54) is 5.57 Å². The molecule has 2 rings (SSSR count). The van der Waals surface area contributed by atoms with E-state index >= 15 is 0 Å². The van der Waals surface area contributed by atoms with E-state index in [9.17, 15) is 4.79 Å². The Morgan fingerprint density at radius 2 is 2.11 bits per heavy atom. The standard InChI is InChI=1S/C13H12O.C3H9N/c14-10-11-5-4-8-13(9-11)12-6-2-1-3-7-12;1-3-4-2/h2,4-10H,1,3H2;4H,3H2,1-2H3. The molecule has 1 aromatic carbocycles. The lowest BCUT2D eigenvalue weighted by Gasteiger charge is -2.07. The second-order valence-electron chi connectivity index (χ2n) is 4.09. The third-order valence-electron chi connectivity index (χ3n) is 2.70. The molecular formula is C16H21NO. The summed E-state index contributed by atoms with van der Waals surface area (Å²) in [5, 5.41) is 2.93. The van der Waals surface area contributed by atoms with Gasteiger partial charge >= 0.3 is 0 Å². The molecule has 0 aliphatic heterocycles. The van der Waals surface area contributed by atoms with Crippen LogP contribution < -0.4 is 5.32 Å². The molecule has 0 saturated carbocycles. The van der Waals surface area contributed by atoms with Gasteiger partial charge in [-0.3, -0.25) is 4.79 Å². The molecule has 1 aromatic rings. The van der Waals surface area contributed by atoms with E-state index in [2.05, 4.69) is 30.5 Å². The Hall–Kier alpha value is -1.67. The van der Waals surface area contributed by atoms with Gasteiger partial charge in [0.15, 0.2) is 0 Å². The predicted molar refractivity (Wildman–Crippen MR) is 77.8 cm³/mol. The van der Waals surface area contributed by atoms with Gasteiger partial charge in [-0.25, -0.2) is 0 Å². The van der Waals surface area contributed by atoms with E-state index in [-0.39, 0.29) is 0 Å². The van der Waals surface area contributed by atoms with E-state index in [0.717, 1.165) is 36.8 Å². The number of rotatable bonds is 3. The highest BCUT2D eigenvalue weighted by Gasteiger charge is 2.01. The average Bonchev–Trinajstić information content (AvgIpc) is 2.48. The largest absolute Gasteiger partial charge is 0.320 e. The number of hydrogen-bond donors (Lipinski definition) is 1. The van der Waals surface area contributed by atoms with Gasteiger partial charge in [0.2, 0.25) is 0 Å². The molecule has 0 heterocycles. The zero-order valence-electron chi connectivity index (χ0n) is 11.1. The predicted octanol–water partition coefficient (Wildman–Crippen LogP) is 3.46. The number of carbonyl (C=O) groups excluding carboxylic acids is 1.